The van der Waals surface area contributed by atoms with E-state index in [0.717, 1.165) is 0 Å². The van der Waals surface area contributed by atoms with Crippen molar-refractivity contribution in [3.05, 3.63) is 0 Å². The van der Waals surface area contributed by atoms with Gasteiger partial charge in [0.25, 0.3) is 0 Å². The van der Waals surface area contributed by atoms with Crippen molar-refractivity contribution in [3.8, 4) is 0 Å². The standard InChI is InChI=1S/C10H24N2.Cu/c1-5-11(6-2)9-10-12(7-3)8-4;/h5-10H2,1-4H3;/q;+2. The minimum Gasteiger partial charge on any atom is -0.303 e. The Morgan fingerprint density at radius 3 is 1.00 bits per heavy atom. The third-order valence-electron chi connectivity index (χ3n) is 2.52. The summed E-state index contributed by atoms with van der Waals surface area (Å²) in [5, 5.41) is 0. The summed E-state index contributed by atoms with van der Waals surface area (Å²) in [6, 6.07) is 0. The van der Waals surface area contributed by atoms with Crippen molar-refractivity contribution in [2.24, 2.45) is 0 Å². The Balaban J connectivity index is 0. The largest absolute Gasteiger partial charge is 2.00 e. The summed E-state index contributed by atoms with van der Waals surface area (Å²) in [5.74, 6) is 0. The summed E-state index contributed by atoms with van der Waals surface area (Å²) >= 11 is 0. The molecule has 1 radical (unpaired) electrons. The molecule has 0 aromatic carbocycles. The van der Waals surface area contributed by atoms with Crippen LogP contribution in [0.5, 0.6) is 0 Å². The van der Waals surface area contributed by atoms with Crippen LogP contribution in [0.1, 0.15) is 27.7 Å². The third kappa shape index (κ3) is 7.51. The number of hydrogen-bond donors (Lipinski definition) is 0. The Kier molecular flexibility index (Phi) is 12.9. The molecular formula is C10H24CuN2+2. The molecule has 0 aliphatic rings. The van der Waals surface area contributed by atoms with Gasteiger partial charge in [0, 0.05) is 13.1 Å². The van der Waals surface area contributed by atoms with Crippen LogP contribution < -0.4 is 0 Å². The maximum atomic E-state index is 2.47. The average Bonchev–Trinajstić information content (AvgIpc) is 2.13. The maximum absolute atomic E-state index is 2.47. The van der Waals surface area contributed by atoms with Crippen LogP contribution in [0.25, 0.3) is 0 Å². The molecule has 0 amide bonds. The molecule has 0 saturated carbocycles. The Morgan fingerprint density at radius 2 is 0.846 bits per heavy atom. The molecule has 0 fully saturated rings. The van der Waals surface area contributed by atoms with Crippen LogP contribution in [0.3, 0.4) is 0 Å². The molecule has 0 aliphatic carbocycles. The Morgan fingerprint density at radius 1 is 0.615 bits per heavy atom. The first-order valence-corrected chi connectivity index (χ1v) is 5.23. The molecule has 0 spiro atoms. The molecule has 0 atom stereocenters. The summed E-state index contributed by atoms with van der Waals surface area (Å²) < 4.78 is 0. The molecule has 0 aliphatic heterocycles. The number of rotatable bonds is 7. The molecule has 0 aromatic rings. The normalized spacial score (nSPS) is 10.6. The van der Waals surface area contributed by atoms with E-state index in [1.165, 1.54) is 39.3 Å². The van der Waals surface area contributed by atoms with E-state index in [1.54, 1.807) is 0 Å². The Hall–Kier alpha value is 0.439. The van der Waals surface area contributed by atoms with Crippen LogP contribution >= 0.6 is 0 Å². The van der Waals surface area contributed by atoms with Crippen molar-refractivity contribution in [1.82, 2.24) is 9.80 Å². The fourth-order valence-corrected chi connectivity index (χ4v) is 1.36. The zero-order valence-electron chi connectivity index (χ0n) is 9.44. The first-order valence-electron chi connectivity index (χ1n) is 5.23. The van der Waals surface area contributed by atoms with Crippen molar-refractivity contribution < 1.29 is 17.1 Å². The fourth-order valence-electron chi connectivity index (χ4n) is 1.36. The molecule has 0 N–H and O–H groups in total. The minimum atomic E-state index is 0. The third-order valence-corrected chi connectivity index (χ3v) is 2.52. The van der Waals surface area contributed by atoms with E-state index >= 15 is 0 Å². The van der Waals surface area contributed by atoms with Crippen molar-refractivity contribution in [3.63, 3.8) is 0 Å². The second-order valence-electron chi connectivity index (χ2n) is 3.05. The monoisotopic (exact) mass is 235 g/mol. The van der Waals surface area contributed by atoms with Crippen molar-refractivity contribution >= 4 is 0 Å². The van der Waals surface area contributed by atoms with Crippen LogP contribution in [0.2, 0.25) is 0 Å². The van der Waals surface area contributed by atoms with Gasteiger partial charge in [-0.1, -0.05) is 27.7 Å². The number of hydrogen-bond acceptors (Lipinski definition) is 2. The summed E-state index contributed by atoms with van der Waals surface area (Å²) in [6.07, 6.45) is 0. The van der Waals surface area contributed by atoms with E-state index in [1.807, 2.05) is 0 Å². The van der Waals surface area contributed by atoms with Gasteiger partial charge in [-0.3, -0.25) is 0 Å². The molecule has 0 rings (SSSR count). The second kappa shape index (κ2) is 10.5. The summed E-state index contributed by atoms with van der Waals surface area (Å²) in [5.41, 5.74) is 0. The Bertz CT molecular complexity index is 78.9. The van der Waals surface area contributed by atoms with Crippen LogP contribution in [-0.2, 0) is 17.1 Å². The minimum absolute atomic E-state index is 0. The maximum Gasteiger partial charge on any atom is 2.00 e. The molecule has 2 nitrogen and oxygen atoms in total. The van der Waals surface area contributed by atoms with Gasteiger partial charge in [0.2, 0.25) is 0 Å². The van der Waals surface area contributed by atoms with Gasteiger partial charge in [0.05, 0.1) is 0 Å². The zero-order valence-corrected chi connectivity index (χ0v) is 10.4. The van der Waals surface area contributed by atoms with Gasteiger partial charge in [0.15, 0.2) is 0 Å². The summed E-state index contributed by atoms with van der Waals surface area (Å²) in [7, 11) is 0. The van der Waals surface area contributed by atoms with E-state index in [-0.39, 0.29) is 17.1 Å². The molecule has 3 heteroatoms. The van der Waals surface area contributed by atoms with Crippen molar-refractivity contribution in [1.29, 1.82) is 0 Å². The zero-order chi connectivity index (χ0) is 9.40. The fraction of sp³-hybridized carbons (Fsp3) is 1.00. The molecular weight excluding hydrogens is 212 g/mol. The first-order chi connectivity index (χ1) is 5.78. The van der Waals surface area contributed by atoms with E-state index in [9.17, 15) is 0 Å². The van der Waals surface area contributed by atoms with Gasteiger partial charge in [-0.2, -0.15) is 0 Å². The van der Waals surface area contributed by atoms with Crippen LogP contribution in [-0.4, -0.2) is 49.1 Å². The van der Waals surface area contributed by atoms with Crippen LogP contribution in [0.4, 0.5) is 0 Å². The molecule has 83 valence electrons. The Labute approximate surface area is 94.1 Å². The molecule has 0 unspecified atom stereocenters. The molecule has 0 saturated heterocycles. The molecule has 0 heterocycles. The van der Waals surface area contributed by atoms with E-state index in [4.69, 9.17) is 0 Å². The van der Waals surface area contributed by atoms with Gasteiger partial charge in [-0.05, 0) is 26.2 Å². The van der Waals surface area contributed by atoms with E-state index in [2.05, 4.69) is 37.5 Å². The SMILES string of the molecule is CCN(CC)CCN(CC)CC.[Cu+2]. The van der Waals surface area contributed by atoms with E-state index < -0.39 is 0 Å². The summed E-state index contributed by atoms with van der Waals surface area (Å²) in [4.78, 5) is 4.94. The number of likely N-dealkylation sites (N-methyl/N-ethyl adjacent to an activating group) is 2. The van der Waals surface area contributed by atoms with Crippen molar-refractivity contribution in [2.75, 3.05) is 39.3 Å². The quantitative estimate of drug-likeness (QED) is 0.620. The smallest absolute Gasteiger partial charge is 0.303 e. The van der Waals surface area contributed by atoms with Crippen molar-refractivity contribution in [2.45, 2.75) is 27.7 Å². The second-order valence-corrected chi connectivity index (χ2v) is 3.05. The van der Waals surface area contributed by atoms with E-state index in [0.29, 0.717) is 0 Å². The van der Waals surface area contributed by atoms with Gasteiger partial charge in [0.1, 0.15) is 0 Å². The molecule has 0 bridgehead atoms. The van der Waals surface area contributed by atoms with Crippen LogP contribution in [0, 0.1) is 0 Å². The summed E-state index contributed by atoms with van der Waals surface area (Å²) in [6.45, 7) is 16.1. The topological polar surface area (TPSA) is 6.48 Å². The van der Waals surface area contributed by atoms with Gasteiger partial charge in [-0.25, -0.2) is 0 Å². The molecule has 13 heavy (non-hydrogen) atoms. The van der Waals surface area contributed by atoms with Crippen LogP contribution in [0.15, 0.2) is 0 Å². The predicted octanol–water partition coefficient (Wildman–Crippen LogP) is 1.67. The van der Waals surface area contributed by atoms with Gasteiger partial charge >= 0.3 is 17.1 Å². The number of nitrogens with zero attached hydrogens (tertiary/aromatic N) is 2. The van der Waals surface area contributed by atoms with Gasteiger partial charge < -0.3 is 9.80 Å². The first kappa shape index (κ1) is 15.9. The van der Waals surface area contributed by atoms with Gasteiger partial charge in [-0.15, -0.1) is 0 Å². The average molecular weight is 236 g/mol. The molecule has 0 aromatic heterocycles. The predicted molar refractivity (Wildman–Crippen MR) is 55.6 cm³/mol.